The fraction of sp³-hybridized carbons (Fsp3) is 0.364. The van der Waals surface area contributed by atoms with Crippen molar-refractivity contribution in [2.45, 2.75) is 19.3 Å². The maximum Gasteiger partial charge on any atom is 0.353 e. The minimum atomic E-state index is -1.40. The lowest BCUT2D eigenvalue weighted by atomic mass is 10.2. The Kier molecular flexibility index (Phi) is 3.82. The third-order valence-electron chi connectivity index (χ3n) is 1.97. The predicted molar refractivity (Wildman–Crippen MR) is 55.8 cm³/mol. The lowest BCUT2D eigenvalue weighted by molar-refractivity contribution is -0.168. The van der Waals surface area contributed by atoms with Crippen molar-refractivity contribution >= 4 is 5.97 Å². The molecule has 0 bridgehead atoms. The summed E-state index contributed by atoms with van der Waals surface area (Å²) in [4.78, 5) is 11.2. The van der Waals surface area contributed by atoms with Gasteiger partial charge in [0.25, 0.3) is 0 Å². The molecule has 1 atom stereocenters. The molecule has 82 valence electrons. The third kappa shape index (κ3) is 3.34. The van der Waals surface area contributed by atoms with Crippen molar-refractivity contribution in [3.63, 3.8) is 0 Å². The van der Waals surface area contributed by atoms with Gasteiger partial charge in [-0.05, 0) is 12.5 Å². The van der Waals surface area contributed by atoms with Gasteiger partial charge in [0.2, 0.25) is 5.72 Å². The number of hydrogen-bond acceptors (Lipinski definition) is 4. The molecule has 0 amide bonds. The summed E-state index contributed by atoms with van der Waals surface area (Å²) in [5, 5.41) is 0. The van der Waals surface area contributed by atoms with Gasteiger partial charge in [-0.15, -0.1) is 0 Å². The molecule has 1 aromatic rings. The smallest absolute Gasteiger partial charge is 0.353 e. The Morgan fingerprint density at radius 2 is 2.00 bits per heavy atom. The SMILES string of the molecule is COC(=O)C(C)(N)OCc1ccccc1. The van der Waals surface area contributed by atoms with Crippen LogP contribution in [-0.2, 0) is 20.9 Å². The monoisotopic (exact) mass is 209 g/mol. The van der Waals surface area contributed by atoms with Crippen molar-refractivity contribution in [3.05, 3.63) is 35.9 Å². The number of rotatable bonds is 4. The lowest BCUT2D eigenvalue weighted by Crippen LogP contribution is -2.48. The van der Waals surface area contributed by atoms with Crippen LogP contribution >= 0.6 is 0 Å². The second-order valence-corrected chi connectivity index (χ2v) is 3.37. The zero-order valence-electron chi connectivity index (χ0n) is 8.90. The van der Waals surface area contributed by atoms with E-state index in [1.807, 2.05) is 30.3 Å². The summed E-state index contributed by atoms with van der Waals surface area (Å²) in [6.45, 7) is 1.75. The minimum Gasteiger partial charge on any atom is -0.466 e. The zero-order valence-corrected chi connectivity index (χ0v) is 8.90. The highest BCUT2D eigenvalue weighted by Crippen LogP contribution is 2.09. The van der Waals surface area contributed by atoms with Crippen LogP contribution in [0.15, 0.2) is 30.3 Å². The summed E-state index contributed by atoms with van der Waals surface area (Å²) in [6, 6.07) is 9.49. The van der Waals surface area contributed by atoms with E-state index in [4.69, 9.17) is 10.5 Å². The molecule has 0 aliphatic carbocycles. The predicted octanol–water partition coefficient (Wildman–Crippen LogP) is 1.05. The zero-order chi connectivity index (χ0) is 11.3. The van der Waals surface area contributed by atoms with Crippen LogP contribution in [0.2, 0.25) is 0 Å². The Labute approximate surface area is 89.0 Å². The highest BCUT2D eigenvalue weighted by molar-refractivity contribution is 5.78. The van der Waals surface area contributed by atoms with Crippen molar-refractivity contribution in [3.8, 4) is 0 Å². The van der Waals surface area contributed by atoms with E-state index < -0.39 is 11.7 Å². The summed E-state index contributed by atoms with van der Waals surface area (Å²) in [5.41, 5.74) is 5.18. The summed E-state index contributed by atoms with van der Waals surface area (Å²) < 4.78 is 9.79. The quantitative estimate of drug-likeness (QED) is 0.594. The van der Waals surface area contributed by atoms with Crippen LogP contribution in [0.5, 0.6) is 0 Å². The molecule has 4 heteroatoms. The van der Waals surface area contributed by atoms with Crippen LogP contribution in [0.4, 0.5) is 0 Å². The van der Waals surface area contributed by atoms with E-state index in [2.05, 4.69) is 4.74 Å². The molecule has 1 rings (SSSR count). The van der Waals surface area contributed by atoms with Crippen molar-refractivity contribution in [1.82, 2.24) is 0 Å². The highest BCUT2D eigenvalue weighted by Gasteiger charge is 2.30. The van der Waals surface area contributed by atoms with Gasteiger partial charge in [0.05, 0.1) is 13.7 Å². The van der Waals surface area contributed by atoms with Crippen molar-refractivity contribution < 1.29 is 14.3 Å². The maximum absolute atomic E-state index is 11.2. The van der Waals surface area contributed by atoms with E-state index >= 15 is 0 Å². The van der Waals surface area contributed by atoms with E-state index in [1.165, 1.54) is 14.0 Å². The Hall–Kier alpha value is -1.39. The molecule has 0 heterocycles. The Morgan fingerprint density at radius 3 is 2.53 bits per heavy atom. The van der Waals surface area contributed by atoms with Gasteiger partial charge in [0.15, 0.2) is 0 Å². The molecule has 0 aromatic heterocycles. The molecule has 2 N–H and O–H groups in total. The fourth-order valence-corrected chi connectivity index (χ4v) is 1.07. The average Bonchev–Trinajstić information content (AvgIpc) is 2.27. The number of esters is 1. The molecule has 0 saturated carbocycles. The number of hydrogen-bond donors (Lipinski definition) is 1. The van der Waals surface area contributed by atoms with Crippen molar-refractivity contribution in [2.24, 2.45) is 5.73 Å². The molecule has 1 aromatic carbocycles. The van der Waals surface area contributed by atoms with E-state index in [0.717, 1.165) is 5.56 Å². The number of carbonyl (C=O) groups excluding carboxylic acids is 1. The van der Waals surface area contributed by atoms with E-state index in [-0.39, 0.29) is 6.61 Å². The Bertz CT molecular complexity index is 322. The molecule has 4 nitrogen and oxygen atoms in total. The second kappa shape index (κ2) is 4.91. The van der Waals surface area contributed by atoms with Crippen LogP contribution in [0.3, 0.4) is 0 Å². The van der Waals surface area contributed by atoms with E-state index in [0.29, 0.717) is 0 Å². The molecule has 0 fully saturated rings. The van der Waals surface area contributed by atoms with Crippen LogP contribution in [-0.4, -0.2) is 18.8 Å². The standard InChI is InChI=1S/C11H15NO3/c1-11(12,10(13)14-2)15-8-9-6-4-3-5-7-9/h3-7H,8,12H2,1-2H3. The summed E-state index contributed by atoms with van der Waals surface area (Å²) >= 11 is 0. The average molecular weight is 209 g/mol. The second-order valence-electron chi connectivity index (χ2n) is 3.37. The molecule has 0 aliphatic heterocycles. The van der Waals surface area contributed by atoms with Crippen LogP contribution in [0, 0.1) is 0 Å². The molecule has 15 heavy (non-hydrogen) atoms. The van der Waals surface area contributed by atoms with Gasteiger partial charge in [-0.2, -0.15) is 0 Å². The molecular weight excluding hydrogens is 194 g/mol. The van der Waals surface area contributed by atoms with Gasteiger partial charge in [-0.25, -0.2) is 4.79 Å². The number of nitrogens with two attached hydrogens (primary N) is 1. The summed E-state index contributed by atoms with van der Waals surface area (Å²) in [7, 11) is 1.28. The number of ether oxygens (including phenoxy) is 2. The molecular formula is C11H15NO3. The molecule has 1 unspecified atom stereocenters. The molecule has 0 spiro atoms. The van der Waals surface area contributed by atoms with Gasteiger partial charge in [-0.3, -0.25) is 5.73 Å². The maximum atomic E-state index is 11.2. The van der Waals surface area contributed by atoms with Crippen molar-refractivity contribution in [2.75, 3.05) is 7.11 Å². The van der Waals surface area contributed by atoms with Gasteiger partial charge in [0.1, 0.15) is 0 Å². The summed E-state index contributed by atoms with van der Waals surface area (Å²) in [5.74, 6) is -0.585. The van der Waals surface area contributed by atoms with Gasteiger partial charge < -0.3 is 9.47 Å². The molecule has 0 aliphatic rings. The van der Waals surface area contributed by atoms with Gasteiger partial charge in [0, 0.05) is 0 Å². The first kappa shape index (κ1) is 11.7. The number of methoxy groups -OCH3 is 1. The third-order valence-corrected chi connectivity index (χ3v) is 1.97. The Morgan fingerprint density at radius 1 is 1.40 bits per heavy atom. The molecule has 0 saturated heterocycles. The first-order valence-electron chi connectivity index (χ1n) is 4.61. The highest BCUT2D eigenvalue weighted by atomic mass is 16.6. The normalized spacial score (nSPS) is 14.3. The first-order valence-corrected chi connectivity index (χ1v) is 4.61. The topological polar surface area (TPSA) is 61.5 Å². The van der Waals surface area contributed by atoms with Gasteiger partial charge >= 0.3 is 5.97 Å². The lowest BCUT2D eigenvalue weighted by Gasteiger charge is -2.21. The largest absolute Gasteiger partial charge is 0.466 e. The van der Waals surface area contributed by atoms with E-state index in [1.54, 1.807) is 0 Å². The first-order chi connectivity index (χ1) is 7.06. The van der Waals surface area contributed by atoms with Crippen LogP contribution in [0.1, 0.15) is 12.5 Å². The van der Waals surface area contributed by atoms with Crippen LogP contribution in [0.25, 0.3) is 0 Å². The number of benzene rings is 1. The van der Waals surface area contributed by atoms with Crippen molar-refractivity contribution in [1.29, 1.82) is 0 Å². The van der Waals surface area contributed by atoms with Gasteiger partial charge in [-0.1, -0.05) is 30.3 Å². The van der Waals surface area contributed by atoms with Crippen LogP contribution < -0.4 is 5.73 Å². The fourth-order valence-electron chi connectivity index (χ4n) is 1.07. The minimum absolute atomic E-state index is 0.281. The Balaban J connectivity index is 2.53. The summed E-state index contributed by atoms with van der Waals surface area (Å²) in [6.07, 6.45) is 0. The molecule has 0 radical (unpaired) electrons. The number of carbonyl (C=O) groups is 1. The van der Waals surface area contributed by atoms with E-state index in [9.17, 15) is 4.79 Å².